The molecule has 3 aromatic rings. The van der Waals surface area contributed by atoms with Gasteiger partial charge < -0.3 is 9.47 Å². The molecule has 3 aromatic carbocycles. The molecule has 0 aliphatic heterocycles. The van der Waals surface area contributed by atoms with Gasteiger partial charge >= 0.3 is 0 Å². The highest BCUT2D eigenvalue weighted by Gasteiger charge is 2.10. The third-order valence-electron chi connectivity index (χ3n) is 8.67. The Morgan fingerprint density at radius 3 is 1.37 bits per heavy atom. The van der Waals surface area contributed by atoms with Gasteiger partial charge in [0.2, 0.25) is 0 Å². The Bertz CT molecular complexity index is 1090. The Hall–Kier alpha value is -2.58. The van der Waals surface area contributed by atoms with E-state index in [0.29, 0.717) is 0 Å². The van der Waals surface area contributed by atoms with Gasteiger partial charge in [0.15, 0.2) is 0 Å². The number of rotatable bonds is 24. The van der Waals surface area contributed by atoms with Gasteiger partial charge in [0, 0.05) is 6.61 Å². The lowest BCUT2D eigenvalue weighted by Crippen LogP contribution is -2.01. The van der Waals surface area contributed by atoms with Crippen molar-refractivity contribution in [2.75, 3.05) is 13.2 Å². The van der Waals surface area contributed by atoms with Crippen LogP contribution in [0.5, 0.6) is 5.75 Å². The fraction of sp³-hybridized carbons (Fsp3) is 0.561. The minimum absolute atomic E-state index is 0.123. The molecular weight excluding hydrogens is 524 g/mol. The van der Waals surface area contributed by atoms with E-state index in [2.05, 4.69) is 93.6 Å². The van der Waals surface area contributed by atoms with Crippen LogP contribution in [0.1, 0.15) is 142 Å². The third-order valence-corrected chi connectivity index (χ3v) is 8.67. The maximum atomic E-state index is 6.12. The van der Waals surface area contributed by atoms with Gasteiger partial charge in [-0.1, -0.05) is 171 Å². The molecule has 0 aliphatic carbocycles. The van der Waals surface area contributed by atoms with Crippen LogP contribution < -0.4 is 4.74 Å². The Morgan fingerprint density at radius 1 is 0.465 bits per heavy atom. The van der Waals surface area contributed by atoms with Gasteiger partial charge in [-0.15, -0.1) is 0 Å². The van der Waals surface area contributed by atoms with E-state index in [-0.39, 0.29) is 6.10 Å². The molecule has 0 saturated heterocycles. The van der Waals surface area contributed by atoms with Crippen molar-refractivity contribution in [1.82, 2.24) is 0 Å². The van der Waals surface area contributed by atoms with Crippen LogP contribution in [-0.2, 0) is 4.74 Å². The first-order valence-corrected chi connectivity index (χ1v) is 17.8. The van der Waals surface area contributed by atoms with Crippen LogP contribution in [0.15, 0.2) is 72.8 Å². The van der Waals surface area contributed by atoms with Crippen LogP contribution in [0.2, 0.25) is 0 Å². The first-order chi connectivity index (χ1) is 21.2. The lowest BCUT2D eigenvalue weighted by atomic mass is 9.94. The molecule has 1 unspecified atom stereocenters. The number of hydrogen-bond donors (Lipinski definition) is 0. The van der Waals surface area contributed by atoms with Crippen molar-refractivity contribution in [3.63, 3.8) is 0 Å². The second-order valence-corrected chi connectivity index (χ2v) is 12.4. The molecule has 0 saturated carbocycles. The monoisotopic (exact) mass is 584 g/mol. The predicted molar refractivity (Wildman–Crippen MR) is 187 cm³/mol. The summed E-state index contributed by atoms with van der Waals surface area (Å²) in [5, 5.41) is 0. The molecule has 236 valence electrons. The normalized spacial score (nSPS) is 12.0. The predicted octanol–water partition coefficient (Wildman–Crippen LogP) is 13.1. The summed E-state index contributed by atoms with van der Waals surface area (Å²) in [5.74, 6) is 0.966. The Morgan fingerprint density at radius 2 is 0.884 bits per heavy atom. The van der Waals surface area contributed by atoms with Crippen LogP contribution in [0.25, 0.3) is 22.3 Å². The summed E-state index contributed by atoms with van der Waals surface area (Å²) in [7, 11) is 0. The maximum absolute atomic E-state index is 6.12. The second kappa shape index (κ2) is 22.0. The number of benzene rings is 3. The largest absolute Gasteiger partial charge is 0.494 e. The van der Waals surface area contributed by atoms with Crippen molar-refractivity contribution >= 4 is 0 Å². The minimum Gasteiger partial charge on any atom is -0.494 e. The van der Waals surface area contributed by atoms with Crippen molar-refractivity contribution in [2.24, 2.45) is 0 Å². The van der Waals surface area contributed by atoms with E-state index in [4.69, 9.17) is 9.47 Å². The maximum Gasteiger partial charge on any atom is 0.119 e. The SMILES string of the molecule is CCCCCCCCCCCCCCOc1ccc(-c2ccccc2-c2ccc(C(C)OCCCCCCC)cc2)cc1. The van der Waals surface area contributed by atoms with Crippen LogP contribution in [-0.4, -0.2) is 13.2 Å². The Kier molecular flexibility index (Phi) is 17.9. The fourth-order valence-electron chi connectivity index (χ4n) is 5.85. The van der Waals surface area contributed by atoms with Gasteiger partial charge in [0.1, 0.15) is 5.75 Å². The van der Waals surface area contributed by atoms with E-state index in [1.165, 1.54) is 124 Å². The van der Waals surface area contributed by atoms with E-state index < -0.39 is 0 Å². The van der Waals surface area contributed by atoms with Crippen molar-refractivity contribution in [3.8, 4) is 28.0 Å². The van der Waals surface area contributed by atoms with E-state index in [9.17, 15) is 0 Å². The van der Waals surface area contributed by atoms with Crippen LogP contribution in [0, 0.1) is 0 Å². The topological polar surface area (TPSA) is 18.5 Å². The molecule has 0 aliphatic rings. The van der Waals surface area contributed by atoms with Crippen molar-refractivity contribution in [1.29, 1.82) is 0 Å². The molecule has 43 heavy (non-hydrogen) atoms. The zero-order chi connectivity index (χ0) is 30.4. The van der Waals surface area contributed by atoms with Crippen LogP contribution in [0.3, 0.4) is 0 Å². The summed E-state index contributed by atoms with van der Waals surface area (Å²) in [4.78, 5) is 0. The van der Waals surface area contributed by atoms with Crippen molar-refractivity contribution in [3.05, 3.63) is 78.4 Å². The van der Waals surface area contributed by atoms with Crippen LogP contribution >= 0.6 is 0 Å². The van der Waals surface area contributed by atoms with Gasteiger partial charge in [0.25, 0.3) is 0 Å². The zero-order valence-corrected chi connectivity index (χ0v) is 27.8. The molecular formula is C41H60O2. The summed E-state index contributed by atoms with van der Waals surface area (Å²) in [5.41, 5.74) is 6.20. The highest BCUT2D eigenvalue weighted by molar-refractivity contribution is 5.83. The summed E-state index contributed by atoms with van der Waals surface area (Å²) >= 11 is 0. The molecule has 0 N–H and O–H groups in total. The average molecular weight is 585 g/mol. The first-order valence-electron chi connectivity index (χ1n) is 17.8. The van der Waals surface area contributed by atoms with Gasteiger partial charge in [0.05, 0.1) is 12.7 Å². The minimum atomic E-state index is 0.123. The molecule has 3 rings (SSSR count). The molecule has 2 nitrogen and oxygen atoms in total. The summed E-state index contributed by atoms with van der Waals surface area (Å²) in [6.07, 6.45) is 22.9. The average Bonchev–Trinajstić information content (AvgIpc) is 3.05. The lowest BCUT2D eigenvalue weighted by molar-refractivity contribution is 0.0627. The highest BCUT2D eigenvalue weighted by Crippen LogP contribution is 2.33. The molecule has 2 heteroatoms. The third kappa shape index (κ3) is 13.7. The van der Waals surface area contributed by atoms with Gasteiger partial charge in [-0.2, -0.15) is 0 Å². The van der Waals surface area contributed by atoms with Crippen molar-refractivity contribution in [2.45, 2.75) is 136 Å². The molecule has 1 atom stereocenters. The quantitative estimate of drug-likeness (QED) is 0.0975. The van der Waals surface area contributed by atoms with Crippen molar-refractivity contribution < 1.29 is 9.47 Å². The Labute approximate surface area is 264 Å². The Balaban J connectivity index is 1.39. The number of unbranched alkanes of at least 4 members (excludes halogenated alkanes) is 15. The molecule has 0 aromatic heterocycles. The molecule has 0 fully saturated rings. The van der Waals surface area contributed by atoms with E-state index >= 15 is 0 Å². The number of ether oxygens (including phenoxy) is 2. The molecule has 0 heterocycles. The second-order valence-electron chi connectivity index (χ2n) is 12.4. The van der Waals surface area contributed by atoms with E-state index in [1.807, 2.05) is 0 Å². The highest BCUT2D eigenvalue weighted by atomic mass is 16.5. The summed E-state index contributed by atoms with van der Waals surface area (Å²) < 4.78 is 12.2. The smallest absolute Gasteiger partial charge is 0.119 e. The molecule has 0 radical (unpaired) electrons. The molecule has 0 amide bonds. The zero-order valence-electron chi connectivity index (χ0n) is 27.8. The van der Waals surface area contributed by atoms with Gasteiger partial charge in [-0.25, -0.2) is 0 Å². The van der Waals surface area contributed by atoms with E-state index in [1.54, 1.807) is 0 Å². The van der Waals surface area contributed by atoms with E-state index in [0.717, 1.165) is 31.8 Å². The van der Waals surface area contributed by atoms with Gasteiger partial charge in [-0.05, 0) is 59.7 Å². The van der Waals surface area contributed by atoms with Gasteiger partial charge in [-0.3, -0.25) is 0 Å². The molecule has 0 spiro atoms. The number of hydrogen-bond acceptors (Lipinski definition) is 2. The summed E-state index contributed by atoms with van der Waals surface area (Å²) in [6.45, 7) is 8.36. The standard InChI is InChI=1S/C41H60O2/c1-4-6-8-10-11-12-13-14-15-16-18-22-34-43-39-31-29-38(30-32-39)41-24-20-19-23-40(41)37-27-25-36(26-28-37)35(3)42-33-21-17-9-7-5-2/h19-20,23-32,35H,4-18,21-22,33-34H2,1-3H3. The fourth-order valence-corrected chi connectivity index (χ4v) is 5.85. The molecule has 0 bridgehead atoms. The summed E-state index contributed by atoms with van der Waals surface area (Å²) in [6, 6.07) is 26.2. The lowest BCUT2D eigenvalue weighted by Gasteiger charge is -2.15. The first kappa shape index (κ1) is 34.9. The van der Waals surface area contributed by atoms with Crippen LogP contribution in [0.4, 0.5) is 0 Å².